The lowest BCUT2D eigenvalue weighted by atomic mass is 10.0. The molecule has 8 heteroatoms. The average molecular weight is 427 g/mol. The first-order valence-electron chi connectivity index (χ1n) is 8.82. The summed E-state index contributed by atoms with van der Waals surface area (Å²) in [5, 5.41) is -0.433. The van der Waals surface area contributed by atoms with Crippen molar-refractivity contribution >= 4 is 23.2 Å². The second-order valence-electron chi connectivity index (χ2n) is 6.42. The van der Waals surface area contributed by atoms with Crippen LogP contribution < -0.4 is 5.56 Å². The second-order valence-corrected chi connectivity index (χ2v) is 6.78. The monoisotopic (exact) mass is 426 g/mol. The van der Waals surface area contributed by atoms with E-state index in [-0.39, 0.29) is 17.8 Å². The van der Waals surface area contributed by atoms with Gasteiger partial charge in [-0.05, 0) is 29.3 Å². The topological polar surface area (TPSA) is 60.7 Å². The number of nitrogens with zero attached hydrogens (tertiary/aromatic N) is 2. The lowest BCUT2D eigenvalue weighted by Crippen LogP contribution is -2.25. The van der Waals surface area contributed by atoms with Crippen LogP contribution in [0.1, 0.15) is 15.9 Å². The molecule has 0 atom stereocenters. The first kappa shape index (κ1) is 19.7. The van der Waals surface area contributed by atoms with Gasteiger partial charge in [0.25, 0.3) is 5.56 Å². The van der Waals surface area contributed by atoms with Crippen LogP contribution >= 0.6 is 11.6 Å². The molecule has 0 N–H and O–H groups in total. The summed E-state index contributed by atoms with van der Waals surface area (Å²) in [4.78, 5) is 29.4. The number of aromatic nitrogens is 2. The van der Waals surface area contributed by atoms with E-state index < -0.39 is 28.3 Å². The zero-order chi connectivity index (χ0) is 21.3. The van der Waals surface area contributed by atoms with Crippen LogP contribution in [0, 0.1) is 11.6 Å². The lowest BCUT2D eigenvalue weighted by molar-refractivity contribution is 0.0470. The van der Waals surface area contributed by atoms with Crippen molar-refractivity contribution in [3.63, 3.8) is 0 Å². The Bertz CT molecular complexity index is 1310. The number of hydrogen-bond acceptors (Lipinski definition) is 4. The predicted octanol–water partition coefficient (Wildman–Crippen LogP) is 4.65. The quantitative estimate of drug-likeness (QED) is 0.352. The highest BCUT2D eigenvalue weighted by Gasteiger charge is 2.20. The van der Waals surface area contributed by atoms with E-state index in [2.05, 4.69) is 4.98 Å². The molecular weight excluding hydrogens is 414 g/mol. The first-order chi connectivity index (χ1) is 14.4. The summed E-state index contributed by atoms with van der Waals surface area (Å²) < 4.78 is 33.5. The maximum atomic E-state index is 14.0. The van der Waals surface area contributed by atoms with Crippen molar-refractivity contribution in [1.82, 2.24) is 9.38 Å². The van der Waals surface area contributed by atoms with Crippen molar-refractivity contribution in [2.24, 2.45) is 0 Å². The first-order valence-corrected chi connectivity index (χ1v) is 9.20. The van der Waals surface area contributed by atoms with Gasteiger partial charge in [-0.3, -0.25) is 9.20 Å². The minimum absolute atomic E-state index is 0.0256. The molecule has 2 heterocycles. The van der Waals surface area contributed by atoms with Crippen LogP contribution in [0.3, 0.4) is 0 Å². The normalized spacial score (nSPS) is 10.9. The summed E-state index contributed by atoms with van der Waals surface area (Å²) in [5.74, 6) is -2.27. The molecule has 0 unspecified atom stereocenters. The van der Waals surface area contributed by atoms with Crippen molar-refractivity contribution in [2.45, 2.75) is 6.61 Å². The van der Waals surface area contributed by atoms with Crippen LogP contribution in [0.4, 0.5) is 8.78 Å². The van der Waals surface area contributed by atoms with Gasteiger partial charge < -0.3 is 4.74 Å². The molecule has 0 bridgehead atoms. The smallest absolute Gasteiger partial charge is 0.344 e. The van der Waals surface area contributed by atoms with Crippen LogP contribution in [-0.2, 0) is 11.3 Å². The van der Waals surface area contributed by atoms with Gasteiger partial charge in [0.05, 0.1) is 6.20 Å². The Morgan fingerprint density at radius 2 is 1.77 bits per heavy atom. The van der Waals surface area contributed by atoms with E-state index in [0.717, 1.165) is 16.2 Å². The molecule has 0 fully saturated rings. The van der Waals surface area contributed by atoms with E-state index in [4.69, 9.17) is 16.3 Å². The molecule has 150 valence electrons. The van der Waals surface area contributed by atoms with Gasteiger partial charge in [-0.25, -0.2) is 18.6 Å². The number of halogens is 3. The third kappa shape index (κ3) is 3.79. The van der Waals surface area contributed by atoms with Gasteiger partial charge in [-0.2, -0.15) is 0 Å². The number of carbonyl (C=O) groups is 1. The Morgan fingerprint density at radius 3 is 2.47 bits per heavy atom. The fourth-order valence-electron chi connectivity index (χ4n) is 2.96. The molecule has 2 aromatic heterocycles. The van der Waals surface area contributed by atoms with Gasteiger partial charge in [-0.15, -0.1) is 0 Å². The molecule has 0 aliphatic rings. The molecule has 0 amide bonds. The highest BCUT2D eigenvalue weighted by molar-refractivity contribution is 6.29. The summed E-state index contributed by atoms with van der Waals surface area (Å²) in [7, 11) is 0. The minimum atomic E-state index is -0.925. The molecule has 0 saturated carbocycles. The second kappa shape index (κ2) is 8.04. The van der Waals surface area contributed by atoms with Crippen LogP contribution in [0.5, 0.6) is 0 Å². The maximum absolute atomic E-state index is 14.0. The Labute approximate surface area is 174 Å². The van der Waals surface area contributed by atoms with Crippen LogP contribution in [0.2, 0.25) is 5.15 Å². The number of pyridine rings is 1. The molecule has 30 heavy (non-hydrogen) atoms. The number of ether oxygens (including phenoxy) is 1. The third-order valence-electron chi connectivity index (χ3n) is 4.44. The van der Waals surface area contributed by atoms with E-state index in [1.807, 2.05) is 6.07 Å². The summed E-state index contributed by atoms with van der Waals surface area (Å²) in [5.41, 5.74) is 0.398. The van der Waals surface area contributed by atoms with Crippen LogP contribution in [-0.4, -0.2) is 15.4 Å². The van der Waals surface area contributed by atoms with Crippen LogP contribution in [0.15, 0.2) is 71.7 Å². The molecule has 0 aliphatic carbocycles. The zero-order valence-corrected chi connectivity index (χ0v) is 16.1. The van der Waals surface area contributed by atoms with Gasteiger partial charge >= 0.3 is 5.97 Å². The highest BCUT2D eigenvalue weighted by atomic mass is 35.5. The largest absolute Gasteiger partial charge is 0.457 e. The zero-order valence-electron chi connectivity index (χ0n) is 15.3. The lowest BCUT2D eigenvalue weighted by Gasteiger charge is -2.11. The van der Waals surface area contributed by atoms with Gasteiger partial charge in [0.2, 0.25) is 0 Å². The number of rotatable bonds is 4. The number of carbonyl (C=O) groups excluding carboxylic acids is 1. The van der Waals surface area contributed by atoms with Crippen molar-refractivity contribution < 1.29 is 18.3 Å². The Morgan fingerprint density at radius 1 is 1.07 bits per heavy atom. The van der Waals surface area contributed by atoms with E-state index in [1.54, 1.807) is 24.3 Å². The van der Waals surface area contributed by atoms with Crippen LogP contribution in [0.25, 0.3) is 16.8 Å². The van der Waals surface area contributed by atoms with Gasteiger partial charge in [0.1, 0.15) is 23.6 Å². The summed E-state index contributed by atoms with van der Waals surface area (Å²) in [6.45, 7) is -0.0407. The van der Waals surface area contributed by atoms with Crippen molar-refractivity contribution in [3.8, 4) is 11.1 Å². The van der Waals surface area contributed by atoms with Crippen molar-refractivity contribution in [2.75, 3.05) is 0 Å². The molecule has 0 spiro atoms. The molecule has 2 aromatic carbocycles. The number of benzene rings is 2. The van der Waals surface area contributed by atoms with Gasteiger partial charge in [-0.1, -0.05) is 54.1 Å². The van der Waals surface area contributed by atoms with Crippen molar-refractivity contribution in [1.29, 1.82) is 0 Å². The SMILES string of the molecule is O=C(OCc1ccccc1)c1cc(-c2ccc(F)cc2)c2nc(Cl)c(F)cn2c1=O. The third-order valence-corrected chi connectivity index (χ3v) is 4.70. The van der Waals surface area contributed by atoms with E-state index in [9.17, 15) is 18.4 Å². The summed E-state index contributed by atoms with van der Waals surface area (Å²) >= 11 is 5.79. The molecule has 0 saturated heterocycles. The molecule has 0 radical (unpaired) electrons. The Kier molecular flexibility index (Phi) is 5.29. The van der Waals surface area contributed by atoms with Gasteiger partial charge in [0, 0.05) is 5.56 Å². The fraction of sp³-hybridized carbons (Fsp3) is 0.0455. The van der Waals surface area contributed by atoms with E-state index in [0.29, 0.717) is 11.1 Å². The number of esters is 1. The van der Waals surface area contributed by atoms with E-state index >= 15 is 0 Å². The predicted molar refractivity (Wildman–Crippen MR) is 107 cm³/mol. The minimum Gasteiger partial charge on any atom is -0.457 e. The maximum Gasteiger partial charge on any atom is 0.344 e. The average Bonchev–Trinajstić information content (AvgIpc) is 2.75. The van der Waals surface area contributed by atoms with Crippen molar-refractivity contribution in [3.05, 3.63) is 105 Å². The molecule has 4 aromatic rings. The Hall–Kier alpha value is -3.58. The highest BCUT2D eigenvalue weighted by Crippen LogP contribution is 2.26. The Balaban J connectivity index is 1.84. The molecule has 0 aliphatic heterocycles. The fourth-order valence-corrected chi connectivity index (χ4v) is 3.09. The molecule has 4 rings (SSSR count). The van der Waals surface area contributed by atoms with E-state index in [1.165, 1.54) is 30.3 Å². The molecular formula is C22H13ClF2N2O3. The molecule has 5 nitrogen and oxygen atoms in total. The standard InChI is InChI=1S/C22H13ClF2N2O3/c23-19-18(25)11-27-20(26-19)16(14-6-8-15(24)9-7-14)10-17(21(27)28)22(29)30-12-13-4-2-1-3-5-13/h1-11H,12H2. The number of fused-ring (bicyclic) bond motifs is 1. The summed E-state index contributed by atoms with van der Waals surface area (Å²) in [6, 6.07) is 15.6. The van der Waals surface area contributed by atoms with Gasteiger partial charge in [0.15, 0.2) is 11.0 Å². The number of hydrogen-bond donors (Lipinski definition) is 0. The summed E-state index contributed by atoms with van der Waals surface area (Å²) in [6.07, 6.45) is 0.855.